The van der Waals surface area contributed by atoms with Crippen molar-refractivity contribution in [1.82, 2.24) is 5.32 Å². The fourth-order valence-electron chi connectivity index (χ4n) is 3.40. The van der Waals surface area contributed by atoms with Crippen LogP contribution in [0.1, 0.15) is 57.8 Å². The highest BCUT2D eigenvalue weighted by Gasteiger charge is 2.32. The van der Waals surface area contributed by atoms with Gasteiger partial charge in [0.05, 0.1) is 0 Å². The van der Waals surface area contributed by atoms with Gasteiger partial charge in [0.2, 0.25) is 5.91 Å². The molecule has 1 fully saturated rings. The molecule has 28 heavy (non-hydrogen) atoms. The molecule has 2 aromatic rings. The number of ketones is 2. The van der Waals surface area contributed by atoms with Crippen molar-refractivity contribution in [2.24, 2.45) is 0 Å². The van der Waals surface area contributed by atoms with Gasteiger partial charge in [0.25, 0.3) is 5.91 Å². The topological polar surface area (TPSA) is 83.6 Å². The predicted octanol–water partition coefficient (Wildman–Crippen LogP) is 3.02. The second-order valence-corrected chi connectivity index (χ2v) is 6.91. The zero-order chi connectivity index (χ0) is 20.3. The van der Waals surface area contributed by atoms with Crippen molar-refractivity contribution >= 4 is 29.1 Å². The molecular weight excluding hydrogens is 356 g/mol. The Labute approximate surface area is 163 Å². The molecule has 0 saturated carbocycles. The van der Waals surface area contributed by atoms with E-state index in [0.717, 1.165) is 12.1 Å². The number of nitrogens with zero attached hydrogens (tertiary/aromatic N) is 1. The Morgan fingerprint density at radius 2 is 1.50 bits per heavy atom. The summed E-state index contributed by atoms with van der Waals surface area (Å²) in [6, 6.07) is 13.0. The highest BCUT2D eigenvalue weighted by Crippen LogP contribution is 2.26. The summed E-state index contributed by atoms with van der Waals surface area (Å²) >= 11 is 0. The second kappa shape index (κ2) is 8.17. The van der Waals surface area contributed by atoms with Gasteiger partial charge in [-0.25, -0.2) is 0 Å². The summed E-state index contributed by atoms with van der Waals surface area (Å²) in [7, 11) is 0. The molecule has 0 spiro atoms. The molecule has 1 aliphatic rings. The molecule has 0 aromatic heterocycles. The number of hydrogen-bond donors (Lipinski definition) is 1. The summed E-state index contributed by atoms with van der Waals surface area (Å²) in [6.45, 7) is 3.60. The molecule has 2 amide bonds. The van der Waals surface area contributed by atoms with E-state index in [1.54, 1.807) is 36.4 Å². The van der Waals surface area contributed by atoms with Crippen molar-refractivity contribution in [3.05, 3.63) is 65.2 Å². The summed E-state index contributed by atoms with van der Waals surface area (Å²) in [5.41, 5.74) is 2.06. The highest BCUT2D eigenvalue weighted by atomic mass is 16.2. The fraction of sp³-hybridized carbons (Fsp3) is 0.273. The van der Waals surface area contributed by atoms with Gasteiger partial charge in [-0.3, -0.25) is 24.5 Å². The van der Waals surface area contributed by atoms with Crippen LogP contribution in [0.15, 0.2) is 48.5 Å². The first kappa shape index (κ1) is 19.5. The summed E-state index contributed by atoms with van der Waals surface area (Å²) in [5.74, 6) is -1.10. The van der Waals surface area contributed by atoms with E-state index in [9.17, 15) is 19.2 Å². The van der Waals surface area contributed by atoms with Crippen LogP contribution in [0.5, 0.6) is 0 Å². The molecular formula is C22H22N2O4. The number of imide groups is 1. The average Bonchev–Trinajstić information content (AvgIpc) is 3.18. The highest BCUT2D eigenvalue weighted by molar-refractivity contribution is 6.08. The summed E-state index contributed by atoms with van der Waals surface area (Å²) < 4.78 is 0. The van der Waals surface area contributed by atoms with Crippen LogP contribution in [-0.4, -0.2) is 36.0 Å². The molecule has 6 heteroatoms. The Morgan fingerprint density at radius 1 is 0.893 bits per heavy atom. The molecule has 2 aromatic carbocycles. The maximum atomic E-state index is 12.7. The Balaban J connectivity index is 1.75. The molecule has 6 nitrogen and oxygen atoms in total. The van der Waals surface area contributed by atoms with Gasteiger partial charge in [0, 0.05) is 28.9 Å². The third-order valence-corrected chi connectivity index (χ3v) is 4.91. The van der Waals surface area contributed by atoms with Gasteiger partial charge in [-0.2, -0.15) is 0 Å². The number of carbonyl (C=O) groups is 4. The van der Waals surface area contributed by atoms with Crippen molar-refractivity contribution in [3.8, 4) is 0 Å². The minimum atomic E-state index is -0.530. The van der Waals surface area contributed by atoms with Gasteiger partial charge >= 0.3 is 0 Å². The molecule has 0 radical (unpaired) electrons. The molecule has 0 unspecified atom stereocenters. The monoisotopic (exact) mass is 378 g/mol. The van der Waals surface area contributed by atoms with E-state index in [4.69, 9.17) is 0 Å². The molecule has 1 atom stereocenters. The number of anilines is 1. The zero-order valence-electron chi connectivity index (χ0n) is 15.9. The molecule has 1 saturated heterocycles. The van der Waals surface area contributed by atoms with Crippen LogP contribution in [0.2, 0.25) is 0 Å². The second-order valence-electron chi connectivity index (χ2n) is 6.91. The first-order valence-electron chi connectivity index (χ1n) is 9.20. The van der Waals surface area contributed by atoms with Crippen LogP contribution in [0.25, 0.3) is 0 Å². The van der Waals surface area contributed by atoms with E-state index < -0.39 is 11.9 Å². The van der Waals surface area contributed by atoms with Gasteiger partial charge in [0.15, 0.2) is 11.6 Å². The standard InChI is InChI=1S/C22H22N2O4/c1-14(25)16-6-3-8-18(12-16)21(27)23-22(28)20-10-5-11-24(20)19-9-4-7-17(13-19)15(2)26/h3-4,6-9,12-13,20H,5,10-11H2,1-2H3,(H,23,27,28)/t20-/m0/s1. The fourth-order valence-corrected chi connectivity index (χ4v) is 3.40. The number of Topliss-reactive ketones (excluding diaryl/α,β-unsaturated/α-hetero) is 2. The van der Waals surface area contributed by atoms with E-state index in [1.807, 2.05) is 11.0 Å². The Bertz CT molecular complexity index is 951. The smallest absolute Gasteiger partial charge is 0.257 e. The lowest BCUT2D eigenvalue weighted by Crippen LogP contribution is -2.45. The largest absolute Gasteiger partial charge is 0.359 e. The third-order valence-electron chi connectivity index (χ3n) is 4.91. The predicted molar refractivity (Wildman–Crippen MR) is 106 cm³/mol. The van der Waals surface area contributed by atoms with Crippen molar-refractivity contribution in [2.75, 3.05) is 11.4 Å². The molecule has 0 aliphatic carbocycles. The molecule has 1 N–H and O–H groups in total. The van der Waals surface area contributed by atoms with Crippen molar-refractivity contribution in [2.45, 2.75) is 32.7 Å². The number of nitrogens with one attached hydrogen (secondary N) is 1. The zero-order valence-corrected chi connectivity index (χ0v) is 15.9. The molecule has 0 bridgehead atoms. The van der Waals surface area contributed by atoms with Crippen LogP contribution in [-0.2, 0) is 4.79 Å². The van der Waals surface area contributed by atoms with E-state index in [0.29, 0.717) is 24.1 Å². The Hall–Kier alpha value is -3.28. The van der Waals surface area contributed by atoms with E-state index in [2.05, 4.69) is 5.32 Å². The maximum Gasteiger partial charge on any atom is 0.257 e. The Kier molecular flexibility index (Phi) is 5.68. The van der Waals surface area contributed by atoms with Crippen LogP contribution in [0.3, 0.4) is 0 Å². The van der Waals surface area contributed by atoms with E-state index >= 15 is 0 Å². The maximum absolute atomic E-state index is 12.7. The molecule has 1 aliphatic heterocycles. The first-order valence-corrected chi connectivity index (χ1v) is 9.20. The van der Waals surface area contributed by atoms with Crippen molar-refractivity contribution < 1.29 is 19.2 Å². The summed E-state index contributed by atoms with van der Waals surface area (Å²) in [5, 5.41) is 2.44. The summed E-state index contributed by atoms with van der Waals surface area (Å²) in [4.78, 5) is 50.3. The molecule has 3 rings (SSSR count). The van der Waals surface area contributed by atoms with Crippen molar-refractivity contribution in [1.29, 1.82) is 0 Å². The van der Waals surface area contributed by atoms with Crippen LogP contribution in [0, 0.1) is 0 Å². The normalized spacial score (nSPS) is 15.9. The Morgan fingerprint density at radius 3 is 2.18 bits per heavy atom. The van der Waals surface area contributed by atoms with E-state index in [-0.39, 0.29) is 23.0 Å². The number of rotatable bonds is 5. The average molecular weight is 378 g/mol. The molecule has 1 heterocycles. The SMILES string of the molecule is CC(=O)c1cccc(C(=O)NC(=O)[C@@H]2CCCN2c2cccc(C(C)=O)c2)c1. The minimum Gasteiger partial charge on any atom is -0.359 e. The van der Waals surface area contributed by atoms with Crippen LogP contribution in [0.4, 0.5) is 5.69 Å². The van der Waals surface area contributed by atoms with E-state index in [1.165, 1.54) is 19.9 Å². The lowest BCUT2D eigenvalue weighted by Gasteiger charge is -2.26. The quantitative estimate of drug-likeness (QED) is 0.639. The molecule has 144 valence electrons. The summed E-state index contributed by atoms with van der Waals surface area (Å²) in [6.07, 6.45) is 1.44. The van der Waals surface area contributed by atoms with Gasteiger partial charge in [-0.15, -0.1) is 0 Å². The minimum absolute atomic E-state index is 0.0393. The van der Waals surface area contributed by atoms with Crippen molar-refractivity contribution in [3.63, 3.8) is 0 Å². The number of benzene rings is 2. The first-order chi connectivity index (χ1) is 13.4. The van der Waals surface area contributed by atoms with Gasteiger partial charge in [-0.1, -0.05) is 24.3 Å². The third kappa shape index (κ3) is 4.17. The van der Waals surface area contributed by atoms with Gasteiger partial charge < -0.3 is 4.90 Å². The number of carbonyl (C=O) groups excluding carboxylic acids is 4. The lowest BCUT2D eigenvalue weighted by atomic mass is 10.1. The van der Waals surface area contributed by atoms with Crippen LogP contribution >= 0.6 is 0 Å². The van der Waals surface area contributed by atoms with Gasteiger partial charge in [0.1, 0.15) is 6.04 Å². The van der Waals surface area contributed by atoms with Crippen LogP contribution < -0.4 is 10.2 Å². The van der Waals surface area contributed by atoms with Gasteiger partial charge in [-0.05, 0) is 51.0 Å². The number of hydrogen-bond acceptors (Lipinski definition) is 5. The number of amides is 2. The lowest BCUT2D eigenvalue weighted by molar-refractivity contribution is -0.121.